The fraction of sp³-hybridized carbons (Fsp3) is 0. The van der Waals surface area contributed by atoms with Crippen molar-refractivity contribution in [2.24, 2.45) is 0 Å². The fourth-order valence-corrected chi connectivity index (χ4v) is 1.70. The van der Waals surface area contributed by atoms with Crippen LogP contribution in [0.1, 0.15) is 10.4 Å². The van der Waals surface area contributed by atoms with Crippen LogP contribution < -0.4 is 5.32 Å². The van der Waals surface area contributed by atoms with Crippen molar-refractivity contribution in [3.63, 3.8) is 0 Å². The zero-order valence-corrected chi connectivity index (χ0v) is 10.6. The standard InChI is InChI=1S/C13H9FN6O/c14-11-4-3-9(6-17-11)13(21)19-10-2-1-5-16-12(10)20-8-15-7-18-20/h1-8H,(H,19,21). The molecule has 0 aromatic carbocycles. The second-order valence-electron chi connectivity index (χ2n) is 4.04. The highest BCUT2D eigenvalue weighted by Gasteiger charge is 2.12. The molecule has 7 nitrogen and oxygen atoms in total. The Labute approximate surface area is 118 Å². The minimum atomic E-state index is -0.642. The van der Waals surface area contributed by atoms with Gasteiger partial charge in [0.2, 0.25) is 5.95 Å². The summed E-state index contributed by atoms with van der Waals surface area (Å²) in [5.74, 6) is -0.633. The first-order valence-electron chi connectivity index (χ1n) is 5.97. The summed E-state index contributed by atoms with van der Waals surface area (Å²) >= 11 is 0. The molecule has 0 fully saturated rings. The van der Waals surface area contributed by atoms with Crippen LogP contribution in [-0.2, 0) is 0 Å². The van der Waals surface area contributed by atoms with Crippen LogP contribution in [-0.4, -0.2) is 30.6 Å². The van der Waals surface area contributed by atoms with E-state index in [-0.39, 0.29) is 5.56 Å². The lowest BCUT2D eigenvalue weighted by Crippen LogP contribution is -2.15. The summed E-state index contributed by atoms with van der Waals surface area (Å²) < 4.78 is 14.2. The van der Waals surface area contributed by atoms with Crippen LogP contribution in [0.3, 0.4) is 0 Å². The van der Waals surface area contributed by atoms with Crippen LogP contribution in [0, 0.1) is 5.95 Å². The van der Waals surface area contributed by atoms with Gasteiger partial charge < -0.3 is 5.32 Å². The van der Waals surface area contributed by atoms with E-state index < -0.39 is 11.9 Å². The molecule has 3 heterocycles. The molecule has 1 amide bonds. The van der Waals surface area contributed by atoms with E-state index in [4.69, 9.17) is 0 Å². The average Bonchev–Trinajstić information content (AvgIpc) is 3.02. The molecule has 3 aromatic heterocycles. The molecule has 8 heteroatoms. The largest absolute Gasteiger partial charge is 0.319 e. The molecule has 1 N–H and O–H groups in total. The number of aromatic nitrogens is 5. The number of halogens is 1. The lowest BCUT2D eigenvalue weighted by Gasteiger charge is -2.09. The molecule has 3 rings (SSSR count). The van der Waals surface area contributed by atoms with E-state index in [1.165, 1.54) is 23.4 Å². The van der Waals surface area contributed by atoms with Gasteiger partial charge in [0.15, 0.2) is 5.82 Å². The Bertz CT molecular complexity index is 757. The molecule has 0 bridgehead atoms. The maximum atomic E-state index is 12.8. The van der Waals surface area contributed by atoms with Crippen LogP contribution in [0.25, 0.3) is 5.82 Å². The molecular formula is C13H9FN6O. The molecular weight excluding hydrogens is 275 g/mol. The summed E-state index contributed by atoms with van der Waals surface area (Å²) in [6.07, 6.45) is 5.57. The normalized spacial score (nSPS) is 10.3. The number of hydrogen-bond donors (Lipinski definition) is 1. The van der Waals surface area contributed by atoms with Gasteiger partial charge in [0, 0.05) is 12.4 Å². The maximum absolute atomic E-state index is 12.8. The summed E-state index contributed by atoms with van der Waals surface area (Å²) in [5.41, 5.74) is 0.696. The van der Waals surface area contributed by atoms with Crippen LogP contribution in [0.5, 0.6) is 0 Å². The van der Waals surface area contributed by atoms with Crippen molar-refractivity contribution in [2.45, 2.75) is 0 Å². The summed E-state index contributed by atoms with van der Waals surface area (Å²) in [6.45, 7) is 0. The molecule has 0 radical (unpaired) electrons. The van der Waals surface area contributed by atoms with Gasteiger partial charge in [-0.15, -0.1) is 0 Å². The van der Waals surface area contributed by atoms with Gasteiger partial charge in [0.05, 0.1) is 11.3 Å². The number of pyridine rings is 2. The minimum absolute atomic E-state index is 0.241. The van der Waals surface area contributed by atoms with Crippen molar-refractivity contribution < 1.29 is 9.18 Å². The second kappa shape index (κ2) is 5.45. The Morgan fingerprint density at radius 2 is 2.14 bits per heavy atom. The lowest BCUT2D eigenvalue weighted by atomic mass is 10.2. The fourth-order valence-electron chi connectivity index (χ4n) is 1.70. The van der Waals surface area contributed by atoms with Gasteiger partial charge in [-0.3, -0.25) is 4.79 Å². The second-order valence-corrected chi connectivity index (χ2v) is 4.04. The zero-order valence-electron chi connectivity index (χ0n) is 10.6. The van der Waals surface area contributed by atoms with E-state index in [0.717, 1.165) is 12.3 Å². The van der Waals surface area contributed by atoms with Crippen molar-refractivity contribution in [3.8, 4) is 5.82 Å². The van der Waals surface area contributed by atoms with E-state index in [1.54, 1.807) is 18.3 Å². The average molecular weight is 284 g/mol. The first-order valence-corrected chi connectivity index (χ1v) is 5.97. The third-order valence-corrected chi connectivity index (χ3v) is 2.66. The highest BCUT2D eigenvalue weighted by Crippen LogP contribution is 2.16. The van der Waals surface area contributed by atoms with Gasteiger partial charge in [0.25, 0.3) is 5.91 Å². The summed E-state index contributed by atoms with van der Waals surface area (Å²) in [6, 6.07) is 5.83. The third-order valence-electron chi connectivity index (χ3n) is 2.66. The van der Waals surface area contributed by atoms with Gasteiger partial charge in [-0.2, -0.15) is 9.49 Å². The zero-order chi connectivity index (χ0) is 14.7. The molecule has 0 saturated carbocycles. The van der Waals surface area contributed by atoms with Gasteiger partial charge in [-0.05, 0) is 24.3 Å². The molecule has 21 heavy (non-hydrogen) atoms. The third kappa shape index (κ3) is 2.73. The first-order chi connectivity index (χ1) is 10.2. The van der Waals surface area contributed by atoms with Crippen LogP contribution in [0.4, 0.5) is 10.1 Å². The molecule has 0 aliphatic carbocycles. The molecule has 0 unspecified atom stereocenters. The molecule has 0 saturated heterocycles. The van der Waals surface area contributed by atoms with Crippen LogP contribution in [0.15, 0.2) is 49.3 Å². The van der Waals surface area contributed by atoms with Gasteiger partial charge in [-0.1, -0.05) is 0 Å². The number of nitrogens with zero attached hydrogens (tertiary/aromatic N) is 5. The Kier molecular flexibility index (Phi) is 3.34. The predicted octanol–water partition coefficient (Wildman–Crippen LogP) is 1.45. The van der Waals surface area contributed by atoms with E-state index in [9.17, 15) is 9.18 Å². The molecule has 0 spiro atoms. The SMILES string of the molecule is O=C(Nc1cccnc1-n1cncn1)c1ccc(F)nc1. The number of nitrogens with one attached hydrogen (secondary N) is 1. The van der Waals surface area contributed by atoms with Crippen molar-refractivity contribution in [1.82, 2.24) is 24.7 Å². The van der Waals surface area contributed by atoms with E-state index in [2.05, 4.69) is 25.4 Å². The van der Waals surface area contributed by atoms with Crippen molar-refractivity contribution in [1.29, 1.82) is 0 Å². The quantitative estimate of drug-likeness (QED) is 0.736. The smallest absolute Gasteiger partial charge is 0.257 e. The number of carbonyl (C=O) groups is 1. The molecule has 0 atom stereocenters. The van der Waals surface area contributed by atoms with Gasteiger partial charge in [0.1, 0.15) is 12.7 Å². The number of carbonyl (C=O) groups excluding carboxylic acids is 1. The predicted molar refractivity (Wildman–Crippen MR) is 71.3 cm³/mol. The summed E-state index contributed by atoms with van der Waals surface area (Å²) in [4.78, 5) is 23.5. The number of anilines is 1. The van der Waals surface area contributed by atoms with Crippen molar-refractivity contribution in [3.05, 3.63) is 60.8 Å². The Hall–Kier alpha value is -3.16. The van der Waals surface area contributed by atoms with Crippen LogP contribution in [0.2, 0.25) is 0 Å². The monoisotopic (exact) mass is 284 g/mol. The molecule has 0 aliphatic heterocycles. The minimum Gasteiger partial charge on any atom is -0.319 e. The van der Waals surface area contributed by atoms with Gasteiger partial charge in [-0.25, -0.2) is 19.6 Å². The number of hydrogen-bond acceptors (Lipinski definition) is 5. The topological polar surface area (TPSA) is 85.6 Å². The number of rotatable bonds is 3. The van der Waals surface area contributed by atoms with Crippen molar-refractivity contribution in [2.75, 3.05) is 5.32 Å². The van der Waals surface area contributed by atoms with Gasteiger partial charge >= 0.3 is 0 Å². The molecule has 0 aliphatic rings. The van der Waals surface area contributed by atoms with E-state index >= 15 is 0 Å². The van der Waals surface area contributed by atoms with Crippen LogP contribution >= 0.6 is 0 Å². The summed E-state index contributed by atoms with van der Waals surface area (Å²) in [5, 5.41) is 6.65. The first kappa shape index (κ1) is 12.9. The summed E-state index contributed by atoms with van der Waals surface area (Å²) in [7, 11) is 0. The highest BCUT2D eigenvalue weighted by molar-refractivity contribution is 6.04. The Morgan fingerprint density at radius 1 is 1.24 bits per heavy atom. The van der Waals surface area contributed by atoms with Crippen molar-refractivity contribution >= 4 is 11.6 Å². The van der Waals surface area contributed by atoms with E-state index in [0.29, 0.717) is 11.5 Å². The molecule has 3 aromatic rings. The number of amides is 1. The highest BCUT2D eigenvalue weighted by atomic mass is 19.1. The molecule has 104 valence electrons. The Balaban J connectivity index is 1.88. The maximum Gasteiger partial charge on any atom is 0.257 e. The lowest BCUT2D eigenvalue weighted by molar-refractivity contribution is 0.102. The van der Waals surface area contributed by atoms with E-state index in [1.807, 2.05) is 0 Å². The Morgan fingerprint density at radius 3 is 2.86 bits per heavy atom.